The van der Waals surface area contributed by atoms with Gasteiger partial charge in [-0.1, -0.05) is 47.5 Å². The van der Waals surface area contributed by atoms with E-state index in [1.807, 2.05) is 6.92 Å². The van der Waals surface area contributed by atoms with Crippen molar-refractivity contribution in [1.82, 2.24) is 0 Å². The number of aliphatic hydroxyl groups is 1. The van der Waals surface area contributed by atoms with E-state index in [-0.39, 0.29) is 0 Å². The first-order chi connectivity index (χ1) is 6.81. The van der Waals surface area contributed by atoms with Crippen LogP contribution in [0.4, 0.5) is 0 Å². The second kappa shape index (κ2) is 6.52. The molecule has 3 unspecified atom stereocenters. The van der Waals surface area contributed by atoms with Gasteiger partial charge in [-0.05, 0) is 37.5 Å². The van der Waals surface area contributed by atoms with Gasteiger partial charge in [0.2, 0.25) is 0 Å². The van der Waals surface area contributed by atoms with Crippen molar-refractivity contribution < 1.29 is 5.11 Å². The molecule has 0 amide bonds. The van der Waals surface area contributed by atoms with E-state index in [1.54, 1.807) is 0 Å². The van der Waals surface area contributed by atoms with E-state index in [0.29, 0.717) is 5.92 Å². The minimum absolute atomic E-state index is 0.353. The Morgan fingerprint density at radius 3 is 1.87 bits per heavy atom. The van der Waals surface area contributed by atoms with Crippen LogP contribution in [0.15, 0.2) is 0 Å². The lowest BCUT2D eigenvalue weighted by atomic mass is 9.81. The van der Waals surface area contributed by atoms with E-state index < -0.39 is 5.60 Å². The standard InChI is InChI=1S/C14H30O/c1-7-8-12(4)13(5)9-10-14(6,15)11(2)3/h11-13,15H,7-10H2,1-6H3. The summed E-state index contributed by atoms with van der Waals surface area (Å²) in [6.45, 7) is 13.1. The van der Waals surface area contributed by atoms with Gasteiger partial charge in [0.05, 0.1) is 5.60 Å². The van der Waals surface area contributed by atoms with Gasteiger partial charge < -0.3 is 5.11 Å². The third-order valence-corrected chi connectivity index (χ3v) is 4.07. The molecular formula is C14H30O. The van der Waals surface area contributed by atoms with Crippen molar-refractivity contribution in [3.05, 3.63) is 0 Å². The van der Waals surface area contributed by atoms with Crippen LogP contribution >= 0.6 is 0 Å². The number of hydrogen-bond donors (Lipinski definition) is 1. The second-order valence-electron chi connectivity index (χ2n) is 5.79. The fraction of sp³-hybridized carbons (Fsp3) is 1.00. The second-order valence-corrected chi connectivity index (χ2v) is 5.79. The zero-order chi connectivity index (χ0) is 12.1. The molecule has 15 heavy (non-hydrogen) atoms. The lowest BCUT2D eigenvalue weighted by molar-refractivity contribution is -0.00151. The van der Waals surface area contributed by atoms with Gasteiger partial charge in [0.25, 0.3) is 0 Å². The van der Waals surface area contributed by atoms with Crippen molar-refractivity contribution in [2.24, 2.45) is 17.8 Å². The minimum atomic E-state index is -0.486. The summed E-state index contributed by atoms with van der Waals surface area (Å²) in [6.07, 6.45) is 4.66. The molecule has 92 valence electrons. The van der Waals surface area contributed by atoms with Gasteiger partial charge in [-0.3, -0.25) is 0 Å². The largest absolute Gasteiger partial charge is 0.390 e. The Morgan fingerprint density at radius 2 is 1.47 bits per heavy atom. The molecule has 0 aliphatic rings. The normalized spacial score (nSPS) is 20.0. The summed E-state index contributed by atoms with van der Waals surface area (Å²) in [5.41, 5.74) is -0.486. The third-order valence-electron chi connectivity index (χ3n) is 4.07. The zero-order valence-corrected chi connectivity index (χ0v) is 11.5. The van der Waals surface area contributed by atoms with Gasteiger partial charge in [0, 0.05) is 0 Å². The molecule has 3 atom stereocenters. The Hall–Kier alpha value is -0.0400. The predicted octanol–water partition coefficient (Wildman–Crippen LogP) is 4.25. The van der Waals surface area contributed by atoms with Crippen LogP contribution in [0.3, 0.4) is 0 Å². The van der Waals surface area contributed by atoms with Crippen LogP contribution in [-0.4, -0.2) is 10.7 Å². The molecule has 0 aromatic carbocycles. The molecule has 0 spiro atoms. The van der Waals surface area contributed by atoms with Gasteiger partial charge in [-0.15, -0.1) is 0 Å². The Labute approximate surface area is 96.3 Å². The highest BCUT2D eigenvalue weighted by Gasteiger charge is 2.25. The van der Waals surface area contributed by atoms with Crippen LogP contribution in [0.5, 0.6) is 0 Å². The van der Waals surface area contributed by atoms with Crippen molar-refractivity contribution >= 4 is 0 Å². The maximum absolute atomic E-state index is 10.2. The smallest absolute Gasteiger partial charge is 0.0642 e. The Bertz CT molecular complexity index is 161. The maximum Gasteiger partial charge on any atom is 0.0642 e. The van der Waals surface area contributed by atoms with E-state index in [9.17, 15) is 5.11 Å². The Kier molecular flexibility index (Phi) is 6.51. The highest BCUT2D eigenvalue weighted by molar-refractivity contribution is 4.77. The summed E-state index contributed by atoms with van der Waals surface area (Å²) in [5.74, 6) is 1.87. The topological polar surface area (TPSA) is 20.2 Å². The summed E-state index contributed by atoms with van der Waals surface area (Å²) >= 11 is 0. The lowest BCUT2D eigenvalue weighted by Crippen LogP contribution is -2.31. The van der Waals surface area contributed by atoms with Crippen molar-refractivity contribution in [3.63, 3.8) is 0 Å². The van der Waals surface area contributed by atoms with Gasteiger partial charge in [-0.2, -0.15) is 0 Å². The van der Waals surface area contributed by atoms with Crippen LogP contribution in [0.2, 0.25) is 0 Å². The van der Waals surface area contributed by atoms with Crippen molar-refractivity contribution in [2.45, 2.75) is 72.8 Å². The predicted molar refractivity (Wildman–Crippen MR) is 67.9 cm³/mol. The molecule has 0 aliphatic carbocycles. The first-order valence-electron chi connectivity index (χ1n) is 6.53. The summed E-state index contributed by atoms with van der Waals surface area (Å²) in [7, 11) is 0. The highest BCUT2D eigenvalue weighted by Crippen LogP contribution is 2.28. The monoisotopic (exact) mass is 214 g/mol. The summed E-state index contributed by atoms with van der Waals surface area (Å²) < 4.78 is 0. The molecule has 0 saturated carbocycles. The van der Waals surface area contributed by atoms with E-state index >= 15 is 0 Å². The van der Waals surface area contributed by atoms with Gasteiger partial charge in [0.1, 0.15) is 0 Å². The fourth-order valence-electron chi connectivity index (χ4n) is 1.83. The Morgan fingerprint density at radius 1 is 1.00 bits per heavy atom. The fourth-order valence-corrected chi connectivity index (χ4v) is 1.83. The van der Waals surface area contributed by atoms with Crippen LogP contribution < -0.4 is 0 Å². The quantitative estimate of drug-likeness (QED) is 0.672. The first-order valence-corrected chi connectivity index (χ1v) is 6.53. The molecule has 0 radical (unpaired) electrons. The molecule has 0 rings (SSSR count). The molecule has 0 aliphatic heterocycles. The molecular weight excluding hydrogens is 184 g/mol. The molecule has 1 N–H and O–H groups in total. The first kappa shape index (κ1) is 15.0. The average molecular weight is 214 g/mol. The van der Waals surface area contributed by atoms with E-state index in [1.165, 1.54) is 12.8 Å². The van der Waals surface area contributed by atoms with Crippen molar-refractivity contribution in [2.75, 3.05) is 0 Å². The SMILES string of the molecule is CCCC(C)C(C)CCC(C)(O)C(C)C. The van der Waals surface area contributed by atoms with Crippen molar-refractivity contribution in [1.29, 1.82) is 0 Å². The molecule has 0 bridgehead atoms. The van der Waals surface area contributed by atoms with E-state index in [4.69, 9.17) is 0 Å². The van der Waals surface area contributed by atoms with Crippen LogP contribution in [0.1, 0.15) is 67.2 Å². The molecule has 0 aromatic rings. The minimum Gasteiger partial charge on any atom is -0.390 e. The van der Waals surface area contributed by atoms with Crippen molar-refractivity contribution in [3.8, 4) is 0 Å². The maximum atomic E-state index is 10.2. The van der Waals surface area contributed by atoms with Gasteiger partial charge in [0.15, 0.2) is 0 Å². The molecule has 0 aromatic heterocycles. The average Bonchev–Trinajstić information content (AvgIpc) is 2.14. The zero-order valence-electron chi connectivity index (χ0n) is 11.5. The summed E-state index contributed by atoms with van der Waals surface area (Å²) in [6, 6.07) is 0. The van der Waals surface area contributed by atoms with E-state index in [0.717, 1.165) is 24.7 Å². The molecule has 0 saturated heterocycles. The van der Waals surface area contributed by atoms with Gasteiger partial charge >= 0.3 is 0 Å². The number of rotatable bonds is 7. The van der Waals surface area contributed by atoms with E-state index in [2.05, 4.69) is 34.6 Å². The third kappa shape index (κ3) is 5.55. The highest BCUT2D eigenvalue weighted by atomic mass is 16.3. The molecule has 0 fully saturated rings. The summed E-state index contributed by atoms with van der Waals surface area (Å²) in [5, 5.41) is 10.2. The van der Waals surface area contributed by atoms with Crippen LogP contribution in [0, 0.1) is 17.8 Å². The van der Waals surface area contributed by atoms with Crippen LogP contribution in [-0.2, 0) is 0 Å². The number of hydrogen-bond acceptors (Lipinski definition) is 1. The van der Waals surface area contributed by atoms with Crippen LogP contribution in [0.25, 0.3) is 0 Å². The molecule has 1 heteroatoms. The lowest BCUT2D eigenvalue weighted by Gasteiger charge is -2.30. The summed E-state index contributed by atoms with van der Waals surface area (Å²) in [4.78, 5) is 0. The molecule has 1 nitrogen and oxygen atoms in total. The molecule has 0 heterocycles. The Balaban J connectivity index is 3.94. The van der Waals surface area contributed by atoms with Gasteiger partial charge in [-0.25, -0.2) is 0 Å².